The van der Waals surface area contributed by atoms with Gasteiger partial charge in [-0.1, -0.05) is 23.7 Å². The van der Waals surface area contributed by atoms with E-state index in [1.807, 2.05) is 24.0 Å². The normalized spacial score (nSPS) is 21.4. The Morgan fingerprint density at radius 2 is 2.13 bits per heavy atom. The van der Waals surface area contributed by atoms with E-state index >= 15 is 0 Å². The number of nitrogens with one attached hydrogen (secondary N) is 1. The molecule has 2 fully saturated rings. The van der Waals surface area contributed by atoms with E-state index in [9.17, 15) is 0 Å². The number of aromatic nitrogens is 2. The lowest BCUT2D eigenvalue weighted by Crippen LogP contribution is -2.40. The number of halogens is 1. The summed E-state index contributed by atoms with van der Waals surface area (Å²) in [4.78, 5) is 10.1. The van der Waals surface area contributed by atoms with Gasteiger partial charge in [-0.25, -0.2) is 0 Å². The number of likely N-dealkylation sites (tertiary alicyclic amines) is 2. The van der Waals surface area contributed by atoms with Crippen LogP contribution in [0.15, 0.2) is 41.7 Å². The highest BCUT2D eigenvalue weighted by Gasteiger charge is 2.28. The zero-order valence-corrected chi connectivity index (χ0v) is 18.9. The summed E-state index contributed by atoms with van der Waals surface area (Å²) in [7, 11) is 1.98. The highest BCUT2D eigenvalue weighted by atomic mass is 35.5. The number of guanidine groups is 1. The van der Waals surface area contributed by atoms with Crippen LogP contribution in [0.2, 0.25) is 5.02 Å². The predicted molar refractivity (Wildman–Crippen MR) is 123 cm³/mol. The van der Waals surface area contributed by atoms with Gasteiger partial charge in [0.2, 0.25) is 0 Å². The van der Waals surface area contributed by atoms with Crippen LogP contribution >= 0.6 is 11.6 Å². The van der Waals surface area contributed by atoms with Gasteiger partial charge in [0.05, 0.1) is 18.8 Å². The van der Waals surface area contributed by atoms with E-state index < -0.39 is 0 Å². The van der Waals surface area contributed by atoms with E-state index in [0.29, 0.717) is 5.92 Å². The molecular formula is C23H33ClN6. The van der Waals surface area contributed by atoms with Crippen molar-refractivity contribution in [3.8, 4) is 0 Å². The van der Waals surface area contributed by atoms with Crippen molar-refractivity contribution in [3.05, 3.63) is 52.8 Å². The number of benzene rings is 1. The standard InChI is InChI=1S/C23H33ClN6/c1-3-25-23(30-12-9-19(17-30)20-14-27-28(2)16-20)26-15-22(29-10-4-5-11-29)18-7-6-8-21(24)13-18/h6-8,13-14,16,19,22H,3-5,9-12,15,17H2,1-2H3,(H,25,26). The quantitative estimate of drug-likeness (QED) is 0.563. The highest BCUT2D eigenvalue weighted by Crippen LogP contribution is 2.29. The van der Waals surface area contributed by atoms with E-state index in [0.717, 1.165) is 56.7 Å². The third-order valence-corrected chi connectivity index (χ3v) is 6.48. The van der Waals surface area contributed by atoms with Crippen molar-refractivity contribution < 1.29 is 0 Å². The summed E-state index contributed by atoms with van der Waals surface area (Å²) in [6.07, 6.45) is 7.81. The number of hydrogen-bond acceptors (Lipinski definition) is 3. The number of aryl methyl sites for hydroxylation is 1. The van der Waals surface area contributed by atoms with Crippen molar-refractivity contribution >= 4 is 17.6 Å². The minimum absolute atomic E-state index is 0.275. The molecule has 7 heteroatoms. The first-order valence-corrected chi connectivity index (χ1v) is 11.5. The average Bonchev–Trinajstić information content (AvgIpc) is 3.49. The molecule has 30 heavy (non-hydrogen) atoms. The largest absolute Gasteiger partial charge is 0.357 e. The van der Waals surface area contributed by atoms with E-state index in [1.54, 1.807) is 0 Å². The highest BCUT2D eigenvalue weighted by molar-refractivity contribution is 6.30. The van der Waals surface area contributed by atoms with Crippen molar-refractivity contribution in [2.24, 2.45) is 12.0 Å². The first-order valence-electron chi connectivity index (χ1n) is 11.2. The van der Waals surface area contributed by atoms with Crippen molar-refractivity contribution in [3.63, 3.8) is 0 Å². The lowest BCUT2D eigenvalue weighted by atomic mass is 10.0. The van der Waals surface area contributed by atoms with Gasteiger partial charge >= 0.3 is 0 Å². The van der Waals surface area contributed by atoms with Crippen LogP contribution in [0, 0.1) is 0 Å². The third-order valence-electron chi connectivity index (χ3n) is 6.25. The third kappa shape index (κ3) is 4.98. The molecule has 3 heterocycles. The summed E-state index contributed by atoms with van der Waals surface area (Å²) >= 11 is 6.31. The van der Waals surface area contributed by atoms with Crippen molar-refractivity contribution in [2.75, 3.05) is 39.3 Å². The summed E-state index contributed by atoms with van der Waals surface area (Å²) in [6.45, 7) is 8.04. The Morgan fingerprint density at radius 3 is 2.83 bits per heavy atom. The fourth-order valence-corrected chi connectivity index (χ4v) is 4.87. The van der Waals surface area contributed by atoms with Gasteiger partial charge in [0, 0.05) is 43.8 Å². The molecule has 2 aliphatic heterocycles. The zero-order valence-electron chi connectivity index (χ0n) is 18.1. The topological polar surface area (TPSA) is 48.7 Å². The molecule has 1 N–H and O–H groups in total. The van der Waals surface area contributed by atoms with Crippen molar-refractivity contribution in [1.29, 1.82) is 0 Å². The number of hydrogen-bond donors (Lipinski definition) is 1. The first-order chi connectivity index (χ1) is 14.6. The van der Waals surface area contributed by atoms with E-state index in [4.69, 9.17) is 16.6 Å². The lowest BCUT2D eigenvalue weighted by molar-refractivity contribution is 0.251. The van der Waals surface area contributed by atoms with Gasteiger partial charge in [0.15, 0.2) is 5.96 Å². The molecular weight excluding hydrogens is 396 g/mol. The van der Waals surface area contributed by atoms with E-state index in [1.165, 1.54) is 24.0 Å². The van der Waals surface area contributed by atoms with Crippen LogP contribution in [-0.2, 0) is 7.05 Å². The summed E-state index contributed by atoms with van der Waals surface area (Å²) < 4.78 is 1.89. The van der Waals surface area contributed by atoms with Crippen LogP contribution in [0.25, 0.3) is 0 Å². The molecule has 2 saturated heterocycles. The Labute approximate surface area is 184 Å². The Kier molecular flexibility index (Phi) is 6.95. The van der Waals surface area contributed by atoms with E-state index in [2.05, 4.69) is 51.5 Å². The van der Waals surface area contributed by atoms with Gasteiger partial charge < -0.3 is 10.2 Å². The minimum Gasteiger partial charge on any atom is -0.357 e. The second-order valence-corrected chi connectivity index (χ2v) is 8.82. The fraction of sp³-hybridized carbons (Fsp3) is 0.565. The van der Waals surface area contributed by atoms with Crippen LogP contribution < -0.4 is 5.32 Å². The van der Waals surface area contributed by atoms with Gasteiger partial charge in [0.1, 0.15) is 0 Å². The minimum atomic E-state index is 0.275. The molecule has 4 rings (SSSR count). The molecule has 2 unspecified atom stereocenters. The first kappa shape index (κ1) is 21.2. The summed E-state index contributed by atoms with van der Waals surface area (Å²) in [6, 6.07) is 8.56. The molecule has 162 valence electrons. The second kappa shape index (κ2) is 9.84. The average molecular weight is 429 g/mol. The van der Waals surface area contributed by atoms with Crippen LogP contribution in [0.4, 0.5) is 0 Å². The zero-order chi connectivity index (χ0) is 20.9. The molecule has 0 saturated carbocycles. The Hall–Kier alpha value is -2.05. The van der Waals surface area contributed by atoms with Crippen LogP contribution in [0.3, 0.4) is 0 Å². The maximum atomic E-state index is 6.31. The maximum absolute atomic E-state index is 6.31. The Balaban J connectivity index is 1.50. The molecule has 2 aliphatic rings. The van der Waals surface area contributed by atoms with Gasteiger partial charge in [-0.05, 0) is 62.5 Å². The molecule has 0 radical (unpaired) electrons. The molecule has 1 aromatic carbocycles. The van der Waals surface area contributed by atoms with Crippen molar-refractivity contribution in [1.82, 2.24) is 24.9 Å². The Bertz CT molecular complexity index is 857. The van der Waals surface area contributed by atoms with Gasteiger partial charge in [-0.3, -0.25) is 14.6 Å². The van der Waals surface area contributed by atoms with Crippen LogP contribution in [-0.4, -0.2) is 64.8 Å². The Morgan fingerprint density at radius 1 is 1.30 bits per heavy atom. The molecule has 0 amide bonds. The van der Waals surface area contributed by atoms with E-state index in [-0.39, 0.29) is 6.04 Å². The maximum Gasteiger partial charge on any atom is 0.194 e. The van der Waals surface area contributed by atoms with Crippen molar-refractivity contribution in [2.45, 2.75) is 38.1 Å². The monoisotopic (exact) mass is 428 g/mol. The summed E-state index contributed by atoms with van der Waals surface area (Å²) in [5, 5.41) is 8.67. The summed E-state index contributed by atoms with van der Waals surface area (Å²) in [5.74, 6) is 1.54. The molecule has 0 bridgehead atoms. The molecule has 0 spiro atoms. The fourth-order valence-electron chi connectivity index (χ4n) is 4.67. The number of nitrogens with zero attached hydrogens (tertiary/aromatic N) is 5. The molecule has 1 aromatic heterocycles. The SMILES string of the molecule is CCNC(=NCC(c1cccc(Cl)c1)N1CCCC1)N1CCC(c2cnn(C)c2)C1. The molecule has 2 aromatic rings. The number of aliphatic imine (C=N–C) groups is 1. The molecule has 6 nitrogen and oxygen atoms in total. The van der Waals surface area contributed by atoms with Gasteiger partial charge in [-0.2, -0.15) is 5.10 Å². The second-order valence-electron chi connectivity index (χ2n) is 8.39. The van der Waals surface area contributed by atoms with Crippen LogP contribution in [0.5, 0.6) is 0 Å². The smallest absolute Gasteiger partial charge is 0.194 e. The van der Waals surface area contributed by atoms with Crippen LogP contribution in [0.1, 0.15) is 49.3 Å². The molecule has 0 aliphatic carbocycles. The lowest BCUT2D eigenvalue weighted by Gasteiger charge is -2.28. The molecule has 2 atom stereocenters. The van der Waals surface area contributed by atoms with Gasteiger partial charge in [0.25, 0.3) is 0 Å². The number of rotatable bonds is 6. The summed E-state index contributed by atoms with van der Waals surface area (Å²) in [5.41, 5.74) is 2.59. The van der Waals surface area contributed by atoms with Gasteiger partial charge in [-0.15, -0.1) is 0 Å². The predicted octanol–water partition coefficient (Wildman–Crippen LogP) is 3.67.